The minimum atomic E-state index is -0.917. The van der Waals surface area contributed by atoms with Crippen LogP contribution in [0.3, 0.4) is 0 Å². The maximum atomic E-state index is 13.2. The lowest BCUT2D eigenvalue weighted by atomic mass is 9.97. The van der Waals surface area contributed by atoms with Gasteiger partial charge in [0.2, 0.25) is 5.91 Å². The second-order valence-corrected chi connectivity index (χ2v) is 12.7. The average molecular weight is 531 g/mol. The summed E-state index contributed by atoms with van der Waals surface area (Å²) in [6.07, 6.45) is -0.257. The molecule has 2 aliphatic rings. The molecule has 1 atom stereocenters. The summed E-state index contributed by atoms with van der Waals surface area (Å²) in [5.74, 6) is -1.38. The summed E-state index contributed by atoms with van der Waals surface area (Å²) in [7, 11) is 0. The lowest BCUT2D eigenvalue weighted by molar-refractivity contribution is -0.155. The predicted octanol–water partition coefficient (Wildman–Crippen LogP) is 3.45. The van der Waals surface area contributed by atoms with E-state index in [1.165, 1.54) is 4.90 Å². The number of esters is 1. The Morgan fingerprint density at radius 1 is 1.03 bits per heavy atom. The molecule has 1 saturated heterocycles. The molecule has 0 unspecified atom stereocenters. The molecule has 0 aliphatic carbocycles. The van der Waals surface area contributed by atoms with E-state index in [-0.39, 0.29) is 36.9 Å². The Labute approximate surface area is 225 Å². The molecule has 3 amide bonds. The van der Waals surface area contributed by atoms with Crippen LogP contribution < -0.4 is 10.6 Å². The van der Waals surface area contributed by atoms with Crippen molar-refractivity contribution in [3.63, 3.8) is 0 Å². The molecule has 2 N–H and O–H groups in total. The van der Waals surface area contributed by atoms with Crippen molar-refractivity contribution in [2.75, 3.05) is 24.5 Å². The van der Waals surface area contributed by atoms with Crippen LogP contribution >= 0.6 is 0 Å². The third kappa shape index (κ3) is 6.96. The minimum absolute atomic E-state index is 0.0215. The van der Waals surface area contributed by atoms with E-state index in [1.807, 2.05) is 32.9 Å². The molecular weight excluding hydrogens is 488 g/mol. The van der Waals surface area contributed by atoms with Crippen molar-refractivity contribution in [2.24, 2.45) is 5.73 Å². The zero-order chi connectivity index (χ0) is 28.6. The highest BCUT2D eigenvalue weighted by atomic mass is 16.6. The van der Waals surface area contributed by atoms with Gasteiger partial charge in [0.05, 0.1) is 5.54 Å². The summed E-state index contributed by atoms with van der Waals surface area (Å²) < 4.78 is 10.9. The Morgan fingerprint density at radius 2 is 1.66 bits per heavy atom. The van der Waals surface area contributed by atoms with Gasteiger partial charge in [-0.25, -0.2) is 4.79 Å². The molecule has 0 radical (unpaired) electrons. The lowest BCUT2D eigenvalue weighted by Gasteiger charge is -2.48. The molecule has 210 valence electrons. The SMILES string of the molecule is CC(C)(C)OC(=O)CC[C@@H](C(N)=O)N1Cc2cc(N3CCN(C(=O)OC(C)(C)C)CC3(C)C)ccc2C1=O. The van der Waals surface area contributed by atoms with E-state index in [2.05, 4.69) is 18.7 Å². The van der Waals surface area contributed by atoms with Crippen LogP contribution in [-0.2, 0) is 25.6 Å². The monoisotopic (exact) mass is 530 g/mol. The highest BCUT2D eigenvalue weighted by Crippen LogP contribution is 2.34. The average Bonchev–Trinajstić information content (AvgIpc) is 3.06. The molecule has 1 aromatic rings. The Balaban J connectivity index is 1.73. The highest BCUT2D eigenvalue weighted by Gasteiger charge is 2.40. The van der Waals surface area contributed by atoms with Gasteiger partial charge in [0, 0.05) is 43.9 Å². The Kier molecular flexibility index (Phi) is 8.05. The van der Waals surface area contributed by atoms with Crippen molar-refractivity contribution in [3.8, 4) is 0 Å². The molecule has 0 saturated carbocycles. The van der Waals surface area contributed by atoms with Gasteiger partial charge in [-0.05, 0) is 85.6 Å². The van der Waals surface area contributed by atoms with Gasteiger partial charge in [0.25, 0.3) is 5.91 Å². The quantitative estimate of drug-likeness (QED) is 0.559. The van der Waals surface area contributed by atoms with Crippen LogP contribution in [0, 0.1) is 0 Å². The molecular formula is C28H42N4O6. The van der Waals surface area contributed by atoms with E-state index in [1.54, 1.807) is 31.7 Å². The smallest absolute Gasteiger partial charge is 0.410 e. The van der Waals surface area contributed by atoms with Gasteiger partial charge in [-0.1, -0.05) is 0 Å². The summed E-state index contributed by atoms with van der Waals surface area (Å²) in [6.45, 7) is 16.8. The topological polar surface area (TPSA) is 122 Å². The first-order valence-corrected chi connectivity index (χ1v) is 13.1. The van der Waals surface area contributed by atoms with Crippen LogP contribution in [0.2, 0.25) is 0 Å². The maximum absolute atomic E-state index is 13.2. The van der Waals surface area contributed by atoms with Gasteiger partial charge in [0.1, 0.15) is 17.2 Å². The molecule has 0 bridgehead atoms. The van der Waals surface area contributed by atoms with E-state index >= 15 is 0 Å². The fourth-order valence-electron chi connectivity index (χ4n) is 4.96. The molecule has 3 rings (SSSR count). The molecule has 38 heavy (non-hydrogen) atoms. The first-order chi connectivity index (χ1) is 17.4. The molecule has 10 nitrogen and oxygen atoms in total. The minimum Gasteiger partial charge on any atom is -0.460 e. The number of nitrogens with zero attached hydrogens (tertiary/aromatic N) is 3. The molecule has 0 aromatic heterocycles. The van der Waals surface area contributed by atoms with E-state index < -0.39 is 29.1 Å². The summed E-state index contributed by atoms with van der Waals surface area (Å²) in [5.41, 5.74) is 6.31. The molecule has 0 spiro atoms. The van der Waals surface area contributed by atoms with Gasteiger partial charge in [-0.15, -0.1) is 0 Å². The maximum Gasteiger partial charge on any atom is 0.410 e. The van der Waals surface area contributed by atoms with Crippen LogP contribution in [0.5, 0.6) is 0 Å². The van der Waals surface area contributed by atoms with Crippen LogP contribution in [-0.4, -0.2) is 76.1 Å². The van der Waals surface area contributed by atoms with E-state index in [4.69, 9.17) is 15.2 Å². The first-order valence-electron chi connectivity index (χ1n) is 13.1. The van der Waals surface area contributed by atoms with Crippen LogP contribution in [0.15, 0.2) is 18.2 Å². The van der Waals surface area contributed by atoms with Crippen molar-refractivity contribution in [1.82, 2.24) is 9.80 Å². The van der Waals surface area contributed by atoms with E-state index in [0.717, 1.165) is 11.3 Å². The van der Waals surface area contributed by atoms with Crippen LogP contribution in [0.25, 0.3) is 0 Å². The molecule has 2 aliphatic heterocycles. The largest absolute Gasteiger partial charge is 0.460 e. The van der Waals surface area contributed by atoms with Crippen LogP contribution in [0.1, 0.15) is 84.2 Å². The molecule has 1 aromatic carbocycles. The number of primary amides is 1. The Bertz CT molecular complexity index is 1100. The number of piperazine rings is 1. The zero-order valence-electron chi connectivity index (χ0n) is 23.9. The third-order valence-electron chi connectivity index (χ3n) is 6.53. The molecule has 1 fully saturated rings. The summed E-state index contributed by atoms with van der Waals surface area (Å²) >= 11 is 0. The van der Waals surface area contributed by atoms with Gasteiger partial charge in [-0.3, -0.25) is 14.4 Å². The fraction of sp³-hybridized carbons (Fsp3) is 0.643. The fourth-order valence-corrected chi connectivity index (χ4v) is 4.96. The number of nitrogens with two attached hydrogens (primary N) is 1. The van der Waals surface area contributed by atoms with Crippen molar-refractivity contribution in [2.45, 2.75) is 97.6 Å². The third-order valence-corrected chi connectivity index (χ3v) is 6.53. The zero-order valence-corrected chi connectivity index (χ0v) is 23.9. The Morgan fingerprint density at radius 3 is 2.21 bits per heavy atom. The second kappa shape index (κ2) is 10.5. The van der Waals surface area contributed by atoms with Crippen molar-refractivity contribution < 1.29 is 28.7 Å². The van der Waals surface area contributed by atoms with Crippen molar-refractivity contribution >= 4 is 29.6 Å². The number of amides is 3. The van der Waals surface area contributed by atoms with Gasteiger partial charge in [-0.2, -0.15) is 0 Å². The lowest BCUT2D eigenvalue weighted by Crippen LogP contribution is -2.61. The number of hydrogen-bond acceptors (Lipinski definition) is 7. The van der Waals surface area contributed by atoms with Crippen molar-refractivity contribution in [3.05, 3.63) is 29.3 Å². The van der Waals surface area contributed by atoms with E-state index in [9.17, 15) is 19.2 Å². The number of fused-ring (bicyclic) bond motifs is 1. The highest BCUT2D eigenvalue weighted by molar-refractivity contribution is 6.01. The van der Waals surface area contributed by atoms with Gasteiger partial charge in [0.15, 0.2) is 0 Å². The Hall–Kier alpha value is -3.30. The predicted molar refractivity (Wildman–Crippen MR) is 144 cm³/mol. The number of rotatable bonds is 6. The van der Waals surface area contributed by atoms with Crippen molar-refractivity contribution in [1.29, 1.82) is 0 Å². The van der Waals surface area contributed by atoms with Gasteiger partial charge < -0.3 is 29.9 Å². The normalized spacial score (nSPS) is 18.2. The molecule has 2 heterocycles. The van der Waals surface area contributed by atoms with Gasteiger partial charge >= 0.3 is 12.1 Å². The molecule has 10 heteroatoms. The number of anilines is 1. The number of ether oxygens (including phenoxy) is 2. The second-order valence-electron chi connectivity index (χ2n) is 12.7. The first kappa shape index (κ1) is 29.3. The number of hydrogen-bond donors (Lipinski definition) is 1. The summed E-state index contributed by atoms with van der Waals surface area (Å²) in [4.78, 5) is 55.7. The van der Waals surface area contributed by atoms with Crippen LogP contribution in [0.4, 0.5) is 10.5 Å². The summed E-state index contributed by atoms with van der Waals surface area (Å²) in [6, 6.07) is 4.71. The number of carbonyl (C=O) groups is 4. The summed E-state index contributed by atoms with van der Waals surface area (Å²) in [5, 5.41) is 0. The number of carbonyl (C=O) groups excluding carboxylic acids is 4. The standard InChI is InChI=1S/C28H42N4O6/c1-26(2,3)37-22(33)12-11-21(23(29)34)31-16-18-15-19(9-10-20(18)24(31)35)32-14-13-30(17-28(32,7)8)25(36)38-27(4,5)6/h9-10,15,21H,11-14,16-17H2,1-8H3,(H2,29,34)/t21-/m0/s1. The number of benzene rings is 1. The van der Waals surface area contributed by atoms with E-state index in [0.29, 0.717) is 25.2 Å².